The van der Waals surface area contributed by atoms with Crippen molar-refractivity contribution in [2.45, 2.75) is 45.6 Å². The van der Waals surface area contributed by atoms with Gasteiger partial charge >= 0.3 is 5.97 Å². The van der Waals surface area contributed by atoms with Crippen LogP contribution in [0.4, 0.5) is 0 Å². The number of thiophene rings is 1. The molecule has 0 radical (unpaired) electrons. The second kappa shape index (κ2) is 7.01. The number of aromatic nitrogens is 2. The Bertz CT molecular complexity index is 1150. The molecule has 5 nitrogen and oxygen atoms in total. The highest BCUT2D eigenvalue weighted by Crippen LogP contribution is 2.37. The molecule has 0 N–H and O–H groups in total. The van der Waals surface area contributed by atoms with Gasteiger partial charge in [-0.3, -0.25) is 9.36 Å². The van der Waals surface area contributed by atoms with Crippen LogP contribution in [-0.4, -0.2) is 22.1 Å². The standard InChI is InChI=1S/C21H21ClN2O3S/c1-4-27-20(26)21(2,3)24-17(12-8-5-6-10-14(12)22)23-18-16(19(24)25)13-9-7-11-15(13)28-18/h5-6,8,10H,4,7,9,11H2,1-3H3. The first-order chi connectivity index (χ1) is 13.4. The van der Waals surface area contributed by atoms with Crippen molar-refractivity contribution in [3.63, 3.8) is 0 Å². The van der Waals surface area contributed by atoms with Crippen molar-refractivity contribution < 1.29 is 9.53 Å². The van der Waals surface area contributed by atoms with Crippen molar-refractivity contribution in [1.82, 2.24) is 9.55 Å². The summed E-state index contributed by atoms with van der Waals surface area (Å²) in [5, 5.41) is 1.11. The zero-order valence-electron chi connectivity index (χ0n) is 16.0. The number of carbonyl (C=O) groups is 1. The van der Waals surface area contributed by atoms with Gasteiger partial charge in [0, 0.05) is 10.4 Å². The Hall–Kier alpha value is -2.18. The van der Waals surface area contributed by atoms with Crippen LogP contribution in [0.3, 0.4) is 0 Å². The molecule has 0 unspecified atom stereocenters. The molecule has 0 aliphatic heterocycles. The van der Waals surface area contributed by atoms with Crippen LogP contribution in [0, 0.1) is 0 Å². The number of hydrogen-bond acceptors (Lipinski definition) is 5. The van der Waals surface area contributed by atoms with Crippen LogP contribution in [0.25, 0.3) is 21.6 Å². The second-order valence-corrected chi connectivity index (χ2v) is 8.86. The van der Waals surface area contributed by atoms with E-state index in [1.807, 2.05) is 18.2 Å². The Morgan fingerprint density at radius 1 is 1.32 bits per heavy atom. The minimum atomic E-state index is -1.23. The fourth-order valence-electron chi connectivity index (χ4n) is 3.78. The number of ether oxygens (including phenoxy) is 1. The van der Waals surface area contributed by atoms with E-state index in [0.717, 1.165) is 24.8 Å². The van der Waals surface area contributed by atoms with Crippen molar-refractivity contribution in [2.24, 2.45) is 0 Å². The third-order valence-corrected chi connectivity index (χ3v) is 6.70. The molecule has 0 fully saturated rings. The Balaban J connectivity index is 2.09. The van der Waals surface area contributed by atoms with Gasteiger partial charge in [0.25, 0.3) is 5.56 Å². The quantitative estimate of drug-likeness (QED) is 0.584. The normalized spacial score (nSPS) is 13.7. The molecule has 1 aromatic carbocycles. The molecular weight excluding hydrogens is 396 g/mol. The smallest absolute Gasteiger partial charge is 0.331 e. The summed E-state index contributed by atoms with van der Waals surface area (Å²) in [7, 11) is 0. The van der Waals surface area contributed by atoms with Gasteiger partial charge in [-0.15, -0.1) is 11.3 Å². The highest BCUT2D eigenvalue weighted by Gasteiger charge is 2.37. The number of hydrogen-bond donors (Lipinski definition) is 0. The molecule has 7 heteroatoms. The van der Waals surface area contributed by atoms with Crippen LogP contribution in [0.15, 0.2) is 29.1 Å². The molecule has 28 heavy (non-hydrogen) atoms. The number of benzene rings is 1. The Morgan fingerprint density at radius 2 is 2.07 bits per heavy atom. The van der Waals surface area contributed by atoms with Gasteiger partial charge in [0.1, 0.15) is 16.2 Å². The van der Waals surface area contributed by atoms with Gasteiger partial charge in [-0.1, -0.05) is 23.7 Å². The molecule has 0 spiro atoms. The van der Waals surface area contributed by atoms with Crippen LogP contribution < -0.4 is 5.56 Å². The second-order valence-electron chi connectivity index (χ2n) is 7.37. The molecule has 0 saturated heterocycles. The lowest BCUT2D eigenvalue weighted by molar-refractivity contribution is -0.152. The van der Waals surface area contributed by atoms with Crippen molar-refractivity contribution in [3.8, 4) is 11.4 Å². The van der Waals surface area contributed by atoms with E-state index in [1.165, 1.54) is 9.44 Å². The molecule has 2 heterocycles. The molecule has 0 bridgehead atoms. The molecule has 0 atom stereocenters. The fourth-order valence-corrected chi connectivity index (χ4v) is 5.26. The number of fused-ring (bicyclic) bond motifs is 3. The maximum Gasteiger partial charge on any atom is 0.331 e. The van der Waals surface area contributed by atoms with Crippen molar-refractivity contribution in [1.29, 1.82) is 0 Å². The lowest BCUT2D eigenvalue weighted by atomic mass is 10.0. The Labute approximate surface area is 171 Å². The first-order valence-corrected chi connectivity index (χ1v) is 10.6. The van der Waals surface area contributed by atoms with Crippen LogP contribution in [0.5, 0.6) is 0 Å². The summed E-state index contributed by atoms with van der Waals surface area (Å²) >= 11 is 8.00. The minimum absolute atomic E-state index is 0.211. The van der Waals surface area contributed by atoms with Crippen LogP contribution in [0.2, 0.25) is 5.02 Å². The molecule has 2 aromatic heterocycles. The van der Waals surface area contributed by atoms with Gasteiger partial charge in [-0.25, -0.2) is 9.78 Å². The number of esters is 1. The van der Waals surface area contributed by atoms with E-state index in [9.17, 15) is 9.59 Å². The fraction of sp³-hybridized carbons (Fsp3) is 0.381. The lowest BCUT2D eigenvalue weighted by Crippen LogP contribution is -2.45. The number of carbonyl (C=O) groups excluding carboxylic acids is 1. The summed E-state index contributed by atoms with van der Waals surface area (Å²) in [4.78, 5) is 33.2. The monoisotopic (exact) mass is 416 g/mol. The summed E-state index contributed by atoms with van der Waals surface area (Å²) in [6, 6.07) is 7.23. The molecule has 0 amide bonds. The maximum atomic E-state index is 13.7. The summed E-state index contributed by atoms with van der Waals surface area (Å²) in [6.45, 7) is 5.36. The predicted molar refractivity (Wildman–Crippen MR) is 112 cm³/mol. The SMILES string of the molecule is CCOC(=O)C(C)(C)n1c(-c2ccccc2Cl)nc2sc3c(c2c1=O)CCC3. The van der Waals surface area contributed by atoms with Crippen LogP contribution in [0.1, 0.15) is 37.6 Å². The first kappa shape index (κ1) is 19.2. The molecular formula is C21H21ClN2O3S. The summed E-state index contributed by atoms with van der Waals surface area (Å²) in [5.74, 6) is -0.0838. The van der Waals surface area contributed by atoms with Gasteiger partial charge in [0.2, 0.25) is 0 Å². The lowest BCUT2D eigenvalue weighted by Gasteiger charge is -2.28. The average Bonchev–Trinajstić information content (AvgIpc) is 3.22. The van der Waals surface area contributed by atoms with E-state index < -0.39 is 11.5 Å². The van der Waals surface area contributed by atoms with Crippen LogP contribution in [-0.2, 0) is 27.9 Å². The molecule has 4 rings (SSSR count). The Morgan fingerprint density at radius 3 is 2.79 bits per heavy atom. The predicted octanol–water partition coefficient (Wildman–Crippen LogP) is 4.57. The maximum absolute atomic E-state index is 13.7. The van der Waals surface area contributed by atoms with E-state index in [4.69, 9.17) is 21.3 Å². The molecule has 1 aliphatic rings. The first-order valence-electron chi connectivity index (χ1n) is 9.36. The van der Waals surface area contributed by atoms with E-state index >= 15 is 0 Å². The van der Waals surface area contributed by atoms with Crippen molar-refractivity contribution >= 4 is 39.1 Å². The van der Waals surface area contributed by atoms with E-state index in [2.05, 4.69) is 0 Å². The molecule has 0 saturated carbocycles. The van der Waals surface area contributed by atoms with Gasteiger partial charge in [0.05, 0.1) is 17.0 Å². The van der Waals surface area contributed by atoms with E-state index in [0.29, 0.717) is 26.6 Å². The number of rotatable bonds is 4. The molecule has 1 aliphatic carbocycles. The van der Waals surface area contributed by atoms with E-state index in [-0.39, 0.29) is 12.2 Å². The zero-order chi connectivity index (χ0) is 20.1. The number of nitrogens with zero attached hydrogens (tertiary/aromatic N) is 2. The van der Waals surface area contributed by atoms with Crippen molar-refractivity contribution in [3.05, 3.63) is 50.1 Å². The third-order valence-electron chi connectivity index (χ3n) is 5.19. The topological polar surface area (TPSA) is 61.2 Å². The van der Waals surface area contributed by atoms with Gasteiger partial charge in [-0.2, -0.15) is 0 Å². The highest BCUT2D eigenvalue weighted by molar-refractivity contribution is 7.18. The van der Waals surface area contributed by atoms with Gasteiger partial charge < -0.3 is 4.74 Å². The summed E-state index contributed by atoms with van der Waals surface area (Å²) < 4.78 is 6.72. The van der Waals surface area contributed by atoms with Gasteiger partial charge in [-0.05, 0) is 57.7 Å². The summed E-state index contributed by atoms with van der Waals surface area (Å²) in [6.07, 6.45) is 2.89. The molecule has 146 valence electrons. The zero-order valence-corrected chi connectivity index (χ0v) is 17.6. The average molecular weight is 417 g/mol. The van der Waals surface area contributed by atoms with Crippen LogP contribution >= 0.6 is 22.9 Å². The number of aryl methyl sites for hydroxylation is 2. The number of halogens is 1. The Kier molecular flexibility index (Phi) is 4.79. The largest absolute Gasteiger partial charge is 0.464 e. The van der Waals surface area contributed by atoms with Crippen molar-refractivity contribution in [2.75, 3.05) is 6.61 Å². The highest BCUT2D eigenvalue weighted by atomic mass is 35.5. The van der Waals surface area contributed by atoms with E-state index in [1.54, 1.807) is 38.2 Å². The minimum Gasteiger partial charge on any atom is -0.464 e. The summed E-state index contributed by atoms with van der Waals surface area (Å²) in [5.41, 5.74) is 0.263. The van der Waals surface area contributed by atoms with Gasteiger partial charge in [0.15, 0.2) is 0 Å². The molecule has 3 aromatic rings. The third kappa shape index (κ3) is 2.86.